The molecular formula is C12H11F3N2O4. The van der Waals surface area contributed by atoms with Crippen LogP contribution in [0.3, 0.4) is 0 Å². The van der Waals surface area contributed by atoms with E-state index < -0.39 is 36.4 Å². The Hall–Kier alpha value is -2.32. The van der Waals surface area contributed by atoms with Crippen molar-refractivity contribution in [3.8, 4) is 5.75 Å². The number of halogens is 3. The van der Waals surface area contributed by atoms with Crippen molar-refractivity contribution >= 4 is 11.9 Å². The molecule has 1 aromatic rings. The quantitative estimate of drug-likeness (QED) is 0.858. The zero-order chi connectivity index (χ0) is 15.8. The predicted molar refractivity (Wildman–Crippen MR) is 62.5 cm³/mol. The first-order chi connectivity index (χ1) is 9.67. The van der Waals surface area contributed by atoms with Gasteiger partial charge in [0, 0.05) is 19.3 Å². The van der Waals surface area contributed by atoms with Crippen molar-refractivity contribution in [1.82, 2.24) is 9.88 Å². The minimum Gasteiger partial charge on any atom is -0.506 e. The Bertz CT molecular complexity index is 590. The Labute approximate surface area is 116 Å². The Morgan fingerprint density at radius 3 is 2.48 bits per heavy atom. The van der Waals surface area contributed by atoms with Crippen molar-refractivity contribution in [2.75, 3.05) is 13.1 Å². The number of likely N-dealkylation sites (tertiary alicyclic amines) is 1. The number of carboxylic acids is 1. The van der Waals surface area contributed by atoms with E-state index in [9.17, 15) is 27.9 Å². The average molecular weight is 304 g/mol. The average Bonchev–Trinajstić information content (AvgIpc) is 2.83. The number of carbonyl (C=O) groups excluding carboxylic acids is 1. The number of aromatic hydroxyl groups is 1. The van der Waals surface area contributed by atoms with E-state index in [0.717, 1.165) is 23.4 Å². The third-order valence-electron chi connectivity index (χ3n) is 3.48. The minimum atomic E-state index is -4.95. The van der Waals surface area contributed by atoms with Crippen LogP contribution in [0.4, 0.5) is 13.2 Å². The molecule has 1 aliphatic rings. The van der Waals surface area contributed by atoms with E-state index in [1.165, 1.54) is 0 Å². The van der Waals surface area contributed by atoms with Gasteiger partial charge in [-0.3, -0.25) is 14.6 Å². The highest BCUT2D eigenvalue weighted by molar-refractivity contribution is 5.95. The lowest BCUT2D eigenvalue weighted by Crippen LogP contribution is -2.47. The summed E-state index contributed by atoms with van der Waals surface area (Å²) in [5, 5.41) is 18.1. The van der Waals surface area contributed by atoms with Gasteiger partial charge < -0.3 is 15.1 Å². The molecule has 0 spiro atoms. The van der Waals surface area contributed by atoms with Gasteiger partial charge in [-0.25, -0.2) is 0 Å². The Kier molecular flexibility index (Phi) is 3.52. The molecule has 0 radical (unpaired) electrons. The predicted octanol–water partition coefficient (Wildman–Crippen LogP) is 1.27. The largest absolute Gasteiger partial charge is 0.506 e. The van der Waals surface area contributed by atoms with Gasteiger partial charge in [0.2, 0.25) is 0 Å². The van der Waals surface area contributed by atoms with E-state index in [-0.39, 0.29) is 17.9 Å². The summed E-state index contributed by atoms with van der Waals surface area (Å²) >= 11 is 0. The molecule has 1 fully saturated rings. The molecule has 2 rings (SSSR count). The minimum absolute atomic E-state index is 0.0987. The maximum atomic E-state index is 13.0. The molecule has 1 aromatic heterocycles. The van der Waals surface area contributed by atoms with Crippen LogP contribution in [0.15, 0.2) is 18.5 Å². The molecule has 1 aliphatic heterocycles. The summed E-state index contributed by atoms with van der Waals surface area (Å²) in [5.41, 5.74) is -3.05. The van der Waals surface area contributed by atoms with Gasteiger partial charge in [0.1, 0.15) is 5.75 Å². The topological polar surface area (TPSA) is 90.7 Å². The highest BCUT2D eigenvalue weighted by Crippen LogP contribution is 2.45. The maximum absolute atomic E-state index is 13.0. The number of nitrogens with zero attached hydrogens (tertiary/aromatic N) is 2. The van der Waals surface area contributed by atoms with Gasteiger partial charge in [-0.15, -0.1) is 0 Å². The van der Waals surface area contributed by atoms with E-state index >= 15 is 0 Å². The van der Waals surface area contributed by atoms with E-state index in [1.807, 2.05) is 0 Å². The Morgan fingerprint density at radius 2 is 2.00 bits per heavy atom. The number of aromatic nitrogens is 1. The summed E-state index contributed by atoms with van der Waals surface area (Å²) in [5.74, 6) is -3.11. The van der Waals surface area contributed by atoms with Crippen LogP contribution < -0.4 is 0 Å². The number of alkyl halides is 3. The molecule has 1 unspecified atom stereocenters. The van der Waals surface area contributed by atoms with Gasteiger partial charge in [-0.05, 0) is 12.5 Å². The van der Waals surface area contributed by atoms with Gasteiger partial charge in [-0.2, -0.15) is 13.2 Å². The van der Waals surface area contributed by atoms with Gasteiger partial charge in [0.15, 0.2) is 5.41 Å². The summed E-state index contributed by atoms with van der Waals surface area (Å²) in [6.07, 6.45) is -3.50. The lowest BCUT2D eigenvalue weighted by Gasteiger charge is -2.27. The van der Waals surface area contributed by atoms with Crippen LogP contribution in [0.2, 0.25) is 0 Å². The highest BCUT2D eigenvalue weighted by Gasteiger charge is 2.64. The maximum Gasteiger partial charge on any atom is 0.406 e. The first-order valence-corrected chi connectivity index (χ1v) is 5.91. The Balaban J connectivity index is 2.26. The normalized spacial score (nSPS) is 22.3. The van der Waals surface area contributed by atoms with Gasteiger partial charge >= 0.3 is 12.1 Å². The summed E-state index contributed by atoms with van der Waals surface area (Å²) in [6, 6.07) is 1.06. The van der Waals surface area contributed by atoms with E-state index in [1.54, 1.807) is 0 Å². The van der Waals surface area contributed by atoms with Crippen LogP contribution in [-0.2, 0) is 4.79 Å². The van der Waals surface area contributed by atoms with E-state index in [2.05, 4.69) is 4.98 Å². The second kappa shape index (κ2) is 4.90. The first kappa shape index (κ1) is 15.1. The lowest BCUT2D eigenvalue weighted by atomic mass is 9.86. The van der Waals surface area contributed by atoms with Crippen molar-refractivity contribution in [3.05, 3.63) is 24.0 Å². The number of pyridine rings is 1. The summed E-state index contributed by atoms with van der Waals surface area (Å²) < 4.78 is 39.0. The number of carbonyl (C=O) groups is 2. The zero-order valence-electron chi connectivity index (χ0n) is 10.6. The summed E-state index contributed by atoms with van der Waals surface area (Å²) in [7, 11) is 0. The fourth-order valence-electron chi connectivity index (χ4n) is 2.24. The molecule has 6 nitrogen and oxygen atoms in total. The number of aliphatic carboxylic acids is 1. The van der Waals surface area contributed by atoms with E-state index in [4.69, 9.17) is 5.11 Å². The molecule has 0 saturated carbocycles. The third-order valence-corrected chi connectivity index (χ3v) is 3.48. The molecule has 0 aliphatic carbocycles. The molecule has 21 heavy (non-hydrogen) atoms. The van der Waals surface area contributed by atoms with Crippen LogP contribution in [0.5, 0.6) is 5.75 Å². The van der Waals surface area contributed by atoms with Gasteiger partial charge in [-0.1, -0.05) is 0 Å². The van der Waals surface area contributed by atoms with Crippen molar-refractivity contribution in [1.29, 1.82) is 0 Å². The Morgan fingerprint density at radius 1 is 1.33 bits per heavy atom. The van der Waals surface area contributed by atoms with Crippen LogP contribution in [0.25, 0.3) is 0 Å². The molecule has 0 aromatic carbocycles. The van der Waals surface area contributed by atoms with Crippen molar-refractivity contribution in [2.45, 2.75) is 12.6 Å². The molecule has 1 atom stereocenters. The van der Waals surface area contributed by atoms with Crippen LogP contribution in [0, 0.1) is 5.41 Å². The summed E-state index contributed by atoms with van der Waals surface area (Å²) in [4.78, 5) is 27.4. The number of carboxylic acid groups (broad SMARTS) is 1. The molecule has 2 heterocycles. The third kappa shape index (κ3) is 2.50. The highest BCUT2D eigenvalue weighted by atomic mass is 19.4. The first-order valence-electron chi connectivity index (χ1n) is 5.91. The monoisotopic (exact) mass is 304 g/mol. The number of rotatable bonds is 2. The van der Waals surface area contributed by atoms with Crippen molar-refractivity contribution in [2.24, 2.45) is 5.41 Å². The van der Waals surface area contributed by atoms with Crippen molar-refractivity contribution < 1.29 is 33.0 Å². The van der Waals surface area contributed by atoms with Crippen LogP contribution in [-0.4, -0.2) is 51.2 Å². The molecular weight excluding hydrogens is 293 g/mol. The molecule has 0 bridgehead atoms. The second-order valence-corrected chi connectivity index (χ2v) is 4.79. The van der Waals surface area contributed by atoms with Gasteiger partial charge in [0.25, 0.3) is 5.91 Å². The zero-order valence-corrected chi connectivity index (χ0v) is 10.6. The van der Waals surface area contributed by atoms with Crippen LogP contribution in [0.1, 0.15) is 16.8 Å². The number of amides is 1. The second-order valence-electron chi connectivity index (χ2n) is 4.79. The lowest BCUT2D eigenvalue weighted by molar-refractivity contribution is -0.227. The van der Waals surface area contributed by atoms with Crippen LogP contribution >= 0.6 is 0 Å². The summed E-state index contributed by atoms with van der Waals surface area (Å²) in [6.45, 7) is -1.29. The SMILES string of the molecule is O=C(c1cncc(O)c1)N1CCC(C(=O)O)(C(F)(F)F)C1. The fourth-order valence-corrected chi connectivity index (χ4v) is 2.24. The fraction of sp³-hybridized carbons (Fsp3) is 0.417. The van der Waals surface area contributed by atoms with E-state index in [0.29, 0.717) is 0 Å². The molecule has 1 saturated heterocycles. The number of hydrogen-bond acceptors (Lipinski definition) is 4. The van der Waals surface area contributed by atoms with Gasteiger partial charge in [0.05, 0.1) is 11.8 Å². The molecule has 114 valence electrons. The molecule has 9 heteroatoms. The number of hydrogen-bond donors (Lipinski definition) is 2. The molecule has 2 N–H and O–H groups in total. The van der Waals surface area contributed by atoms with Crippen molar-refractivity contribution in [3.63, 3.8) is 0 Å². The molecule has 1 amide bonds. The standard InChI is InChI=1S/C12H11F3N2O4/c13-12(14,15)11(10(20)21)1-2-17(6-11)9(19)7-3-8(18)5-16-4-7/h3-5,18H,1-2,6H2,(H,20,21). The smallest absolute Gasteiger partial charge is 0.406 e.